The highest BCUT2D eigenvalue weighted by Gasteiger charge is 2.23. The summed E-state index contributed by atoms with van der Waals surface area (Å²) in [5.74, 6) is 0.623. The van der Waals surface area contributed by atoms with Crippen molar-refractivity contribution in [1.29, 1.82) is 0 Å². The molecule has 5 heteroatoms. The van der Waals surface area contributed by atoms with Gasteiger partial charge in [-0.15, -0.1) is 0 Å². The Hall–Kier alpha value is -3.60. The van der Waals surface area contributed by atoms with E-state index in [-0.39, 0.29) is 18.1 Å². The minimum atomic E-state index is -0.490. The fourth-order valence-electron chi connectivity index (χ4n) is 3.68. The Morgan fingerprint density at radius 2 is 1.76 bits per heavy atom. The van der Waals surface area contributed by atoms with Crippen molar-refractivity contribution in [3.63, 3.8) is 0 Å². The Labute approximate surface area is 169 Å². The Balaban J connectivity index is 1.76. The summed E-state index contributed by atoms with van der Waals surface area (Å²) in [5.41, 5.74) is 3.08. The number of aromatic nitrogens is 1. The molecular formula is C24H22N2O3. The summed E-state index contributed by atoms with van der Waals surface area (Å²) in [7, 11) is 0. The van der Waals surface area contributed by atoms with Crippen molar-refractivity contribution in [2.75, 3.05) is 0 Å². The Morgan fingerprint density at radius 1 is 1.03 bits per heavy atom. The van der Waals surface area contributed by atoms with Gasteiger partial charge in [-0.25, -0.2) is 0 Å². The molecule has 146 valence electrons. The van der Waals surface area contributed by atoms with E-state index in [1.807, 2.05) is 67.6 Å². The second kappa shape index (κ2) is 7.80. The molecule has 0 saturated carbocycles. The molecule has 29 heavy (non-hydrogen) atoms. The van der Waals surface area contributed by atoms with Crippen LogP contribution in [-0.2, 0) is 11.2 Å². The number of fused-ring (bicyclic) bond motifs is 1. The number of hydrogen-bond donors (Lipinski definition) is 2. The number of nitrogens with zero attached hydrogens (tertiary/aromatic N) is 1. The predicted octanol–water partition coefficient (Wildman–Crippen LogP) is 4.60. The van der Waals surface area contributed by atoms with Gasteiger partial charge in [-0.2, -0.15) is 0 Å². The lowest BCUT2D eigenvalue weighted by Gasteiger charge is -2.22. The Morgan fingerprint density at radius 3 is 2.48 bits per heavy atom. The number of aryl methyl sites for hydroxylation is 2. The number of carbonyl (C=O) groups excluding carboxylic acids is 1. The molecule has 4 rings (SSSR count). The summed E-state index contributed by atoms with van der Waals surface area (Å²) in [6.07, 6.45) is 0.163. The molecule has 3 aromatic carbocycles. The van der Waals surface area contributed by atoms with E-state index in [4.69, 9.17) is 4.52 Å². The standard InChI is InChI=1S/C24H22N2O3/c1-15-20(16(2)29-26-15)14-22(28)25-24(18-9-4-3-5-10-18)23-19-11-7-6-8-17(19)12-13-21(23)27/h3-13,24,27H,14H2,1-2H3,(H,25,28). The van der Waals surface area contributed by atoms with E-state index in [1.54, 1.807) is 13.0 Å². The first-order valence-corrected chi connectivity index (χ1v) is 9.51. The fraction of sp³-hybridized carbons (Fsp3) is 0.167. The van der Waals surface area contributed by atoms with Crippen LogP contribution in [0.5, 0.6) is 5.75 Å². The molecular weight excluding hydrogens is 364 g/mol. The Kier molecular flexibility index (Phi) is 5.04. The quantitative estimate of drug-likeness (QED) is 0.526. The van der Waals surface area contributed by atoms with Gasteiger partial charge in [-0.1, -0.05) is 65.8 Å². The lowest BCUT2D eigenvalue weighted by atomic mass is 9.92. The molecule has 1 amide bonds. The lowest BCUT2D eigenvalue weighted by Crippen LogP contribution is -2.31. The summed E-state index contributed by atoms with van der Waals surface area (Å²) in [6.45, 7) is 3.62. The van der Waals surface area contributed by atoms with Gasteiger partial charge in [0.25, 0.3) is 0 Å². The molecule has 1 unspecified atom stereocenters. The van der Waals surface area contributed by atoms with Gasteiger partial charge >= 0.3 is 0 Å². The molecule has 0 bridgehead atoms. The molecule has 0 aliphatic rings. The number of benzene rings is 3. The molecule has 4 aromatic rings. The monoisotopic (exact) mass is 386 g/mol. The topological polar surface area (TPSA) is 75.4 Å². The van der Waals surface area contributed by atoms with Crippen molar-refractivity contribution in [3.05, 3.63) is 94.9 Å². The van der Waals surface area contributed by atoms with Crippen molar-refractivity contribution < 1.29 is 14.4 Å². The molecule has 1 atom stereocenters. The molecule has 2 N–H and O–H groups in total. The van der Waals surface area contributed by atoms with E-state index in [0.717, 1.165) is 21.9 Å². The molecule has 5 nitrogen and oxygen atoms in total. The number of carbonyl (C=O) groups is 1. The van der Waals surface area contributed by atoms with Crippen LogP contribution in [0.25, 0.3) is 10.8 Å². The minimum Gasteiger partial charge on any atom is -0.508 e. The highest BCUT2D eigenvalue weighted by molar-refractivity contribution is 5.89. The van der Waals surface area contributed by atoms with Gasteiger partial charge in [0.15, 0.2) is 0 Å². The third-order valence-electron chi connectivity index (χ3n) is 5.19. The first-order chi connectivity index (χ1) is 14.0. The van der Waals surface area contributed by atoms with Crippen LogP contribution in [0.1, 0.15) is 34.2 Å². The number of phenols is 1. The van der Waals surface area contributed by atoms with E-state index < -0.39 is 6.04 Å². The molecule has 0 radical (unpaired) electrons. The van der Waals surface area contributed by atoms with Crippen molar-refractivity contribution in [1.82, 2.24) is 10.5 Å². The van der Waals surface area contributed by atoms with Gasteiger partial charge in [0.1, 0.15) is 11.5 Å². The smallest absolute Gasteiger partial charge is 0.225 e. The average Bonchev–Trinajstić information content (AvgIpc) is 3.05. The zero-order valence-electron chi connectivity index (χ0n) is 16.3. The highest BCUT2D eigenvalue weighted by Crippen LogP contribution is 2.35. The predicted molar refractivity (Wildman–Crippen MR) is 112 cm³/mol. The summed E-state index contributed by atoms with van der Waals surface area (Å²) in [4.78, 5) is 13.0. The highest BCUT2D eigenvalue weighted by atomic mass is 16.5. The fourth-order valence-corrected chi connectivity index (χ4v) is 3.68. The van der Waals surface area contributed by atoms with E-state index in [0.29, 0.717) is 17.0 Å². The van der Waals surface area contributed by atoms with E-state index in [1.165, 1.54) is 0 Å². The van der Waals surface area contributed by atoms with Gasteiger partial charge < -0.3 is 14.9 Å². The van der Waals surface area contributed by atoms with Crippen LogP contribution >= 0.6 is 0 Å². The van der Waals surface area contributed by atoms with Crippen LogP contribution in [0.3, 0.4) is 0 Å². The molecule has 0 saturated heterocycles. The first kappa shape index (κ1) is 18.7. The normalized spacial score (nSPS) is 12.1. The number of hydrogen-bond acceptors (Lipinski definition) is 4. The zero-order chi connectivity index (χ0) is 20.4. The van der Waals surface area contributed by atoms with Gasteiger partial charge in [0.05, 0.1) is 18.2 Å². The maximum atomic E-state index is 13.0. The van der Waals surface area contributed by atoms with Crippen molar-refractivity contribution in [3.8, 4) is 5.75 Å². The number of aromatic hydroxyl groups is 1. The maximum absolute atomic E-state index is 13.0. The van der Waals surface area contributed by atoms with Gasteiger partial charge in [0, 0.05) is 11.1 Å². The second-order valence-electron chi connectivity index (χ2n) is 7.11. The summed E-state index contributed by atoms with van der Waals surface area (Å²) in [6, 6.07) is 20.6. The molecule has 0 spiro atoms. The average molecular weight is 386 g/mol. The van der Waals surface area contributed by atoms with Crippen LogP contribution in [-0.4, -0.2) is 16.2 Å². The maximum Gasteiger partial charge on any atom is 0.225 e. The van der Waals surface area contributed by atoms with Crippen LogP contribution in [0.2, 0.25) is 0 Å². The molecule has 0 aliphatic carbocycles. The van der Waals surface area contributed by atoms with E-state index >= 15 is 0 Å². The zero-order valence-corrected chi connectivity index (χ0v) is 16.3. The second-order valence-corrected chi connectivity index (χ2v) is 7.11. The molecule has 0 fully saturated rings. The van der Waals surface area contributed by atoms with Crippen LogP contribution in [0, 0.1) is 13.8 Å². The molecule has 1 aromatic heterocycles. The minimum absolute atomic E-state index is 0.148. The molecule has 0 aliphatic heterocycles. The van der Waals surface area contributed by atoms with Crippen LogP contribution < -0.4 is 5.32 Å². The summed E-state index contributed by atoms with van der Waals surface area (Å²) < 4.78 is 5.18. The largest absolute Gasteiger partial charge is 0.508 e. The Bertz CT molecular complexity index is 1150. The number of phenolic OH excluding ortho intramolecular Hbond substituents is 1. The van der Waals surface area contributed by atoms with E-state index in [9.17, 15) is 9.90 Å². The van der Waals surface area contributed by atoms with E-state index in [2.05, 4.69) is 10.5 Å². The van der Waals surface area contributed by atoms with Crippen molar-refractivity contribution >= 4 is 16.7 Å². The number of nitrogens with one attached hydrogen (secondary N) is 1. The third-order valence-corrected chi connectivity index (χ3v) is 5.19. The summed E-state index contributed by atoms with van der Waals surface area (Å²) >= 11 is 0. The van der Waals surface area contributed by atoms with Gasteiger partial charge in [-0.05, 0) is 36.2 Å². The van der Waals surface area contributed by atoms with Crippen molar-refractivity contribution in [2.45, 2.75) is 26.3 Å². The SMILES string of the molecule is Cc1noc(C)c1CC(=O)NC(c1ccccc1)c1c(O)ccc2ccccc12. The first-order valence-electron chi connectivity index (χ1n) is 9.51. The lowest BCUT2D eigenvalue weighted by molar-refractivity contribution is -0.121. The van der Waals surface area contributed by atoms with Gasteiger partial charge in [-0.3, -0.25) is 4.79 Å². The number of amides is 1. The number of rotatable bonds is 5. The van der Waals surface area contributed by atoms with Crippen LogP contribution in [0.15, 0.2) is 71.3 Å². The summed E-state index contributed by atoms with van der Waals surface area (Å²) in [5, 5.41) is 19.7. The third kappa shape index (κ3) is 3.72. The van der Waals surface area contributed by atoms with Gasteiger partial charge in [0.2, 0.25) is 5.91 Å². The molecule has 1 heterocycles. The van der Waals surface area contributed by atoms with Crippen LogP contribution in [0.4, 0.5) is 0 Å². The van der Waals surface area contributed by atoms with Crippen molar-refractivity contribution in [2.24, 2.45) is 0 Å².